The number of carbonyl (C=O) groups excluding carboxylic acids is 1. The number of hydrogen-bond donors (Lipinski definition) is 3. The highest BCUT2D eigenvalue weighted by atomic mass is 127. The van der Waals surface area contributed by atoms with Crippen LogP contribution >= 0.6 is 34.2 Å². The lowest BCUT2D eigenvalue weighted by Gasteiger charge is -2.11. The van der Waals surface area contributed by atoms with Crippen molar-refractivity contribution in [2.24, 2.45) is 0 Å². The second-order valence-corrected chi connectivity index (χ2v) is 11.3. The van der Waals surface area contributed by atoms with E-state index in [0.29, 0.717) is 33.5 Å². The Morgan fingerprint density at radius 3 is 2.44 bits per heavy atom. The number of amides is 2. The predicted octanol–water partition coefficient (Wildman–Crippen LogP) is 6.13. The van der Waals surface area contributed by atoms with Gasteiger partial charge in [-0.15, -0.1) is 0 Å². The van der Waals surface area contributed by atoms with Gasteiger partial charge in [0.1, 0.15) is 5.82 Å². The first-order chi connectivity index (χ1) is 19.8. The van der Waals surface area contributed by atoms with E-state index in [2.05, 4.69) is 45.2 Å². The molecule has 5 rings (SSSR count). The van der Waals surface area contributed by atoms with Crippen molar-refractivity contribution in [2.75, 3.05) is 10.6 Å². The minimum absolute atomic E-state index is 0.0561. The third-order valence-corrected chi connectivity index (χ3v) is 7.83. The maximum atomic E-state index is 13.0. The molecule has 41 heavy (non-hydrogen) atoms. The molecule has 3 N–H and O–H groups in total. The third-order valence-electron chi connectivity index (χ3n) is 6.32. The Kier molecular flexibility index (Phi) is 8.74. The summed E-state index contributed by atoms with van der Waals surface area (Å²) in [6, 6.07) is 24.5. The number of carbonyl (C=O) groups is 1. The molecule has 12 heteroatoms. The van der Waals surface area contributed by atoms with E-state index in [4.69, 9.17) is 16.7 Å². The highest BCUT2D eigenvalue weighted by Crippen LogP contribution is 2.31. The van der Waals surface area contributed by atoms with Crippen LogP contribution < -0.4 is 22.0 Å². The van der Waals surface area contributed by atoms with Gasteiger partial charge < -0.3 is 5.32 Å². The summed E-state index contributed by atoms with van der Waals surface area (Å²) in [5, 5.41) is 13.7. The molecule has 0 saturated carbocycles. The molecule has 5 aromatic rings. The van der Waals surface area contributed by atoms with Gasteiger partial charge in [0.05, 0.1) is 27.5 Å². The topological polar surface area (TPSA) is 119 Å². The molecular weight excluding hydrogens is 657 g/mol. The molecule has 0 spiro atoms. The van der Waals surface area contributed by atoms with Gasteiger partial charge in [-0.05, 0) is 60.5 Å². The number of aromatic nitrogens is 5. The number of anilines is 2. The zero-order chi connectivity index (χ0) is 28.9. The number of hydrogen-bond acceptors (Lipinski definition) is 4. The first-order valence-electron chi connectivity index (χ1n) is 13.0. The van der Waals surface area contributed by atoms with Crippen LogP contribution in [0.2, 0.25) is 5.02 Å². The summed E-state index contributed by atoms with van der Waals surface area (Å²) in [4.78, 5) is 38.6. The number of halogens is 2. The van der Waals surface area contributed by atoms with E-state index in [1.807, 2.05) is 36.4 Å². The Balaban J connectivity index is 1.44. The minimum Gasteiger partial charge on any atom is -0.308 e. The van der Waals surface area contributed by atoms with Gasteiger partial charge in [-0.25, -0.2) is 33.4 Å². The molecule has 0 aliphatic rings. The number of para-hydroxylation sites is 1. The summed E-state index contributed by atoms with van der Waals surface area (Å²) in [6.45, 7) is 2.17. The Morgan fingerprint density at radius 2 is 1.71 bits per heavy atom. The van der Waals surface area contributed by atoms with Crippen LogP contribution in [0.25, 0.3) is 11.4 Å². The van der Waals surface area contributed by atoms with E-state index in [9.17, 15) is 14.4 Å². The van der Waals surface area contributed by atoms with Crippen molar-refractivity contribution in [3.63, 3.8) is 0 Å². The number of benzene rings is 3. The predicted molar refractivity (Wildman–Crippen MR) is 169 cm³/mol. The van der Waals surface area contributed by atoms with E-state index < -0.39 is 17.4 Å². The maximum Gasteiger partial charge on any atom is 0.352 e. The number of H-pyrrole nitrogens is 1. The van der Waals surface area contributed by atoms with Gasteiger partial charge in [-0.1, -0.05) is 77.9 Å². The average Bonchev–Trinajstić information content (AvgIpc) is 3.51. The fourth-order valence-electron chi connectivity index (χ4n) is 4.32. The summed E-state index contributed by atoms with van der Waals surface area (Å²) < 4.78 is 4.17. The van der Waals surface area contributed by atoms with Crippen LogP contribution in [0.3, 0.4) is 0 Å². The summed E-state index contributed by atoms with van der Waals surface area (Å²) >= 11 is 8.31. The van der Waals surface area contributed by atoms with Crippen LogP contribution in [0.1, 0.15) is 34.9 Å². The van der Waals surface area contributed by atoms with Crippen LogP contribution in [-0.4, -0.2) is 30.2 Å². The van der Waals surface area contributed by atoms with Gasteiger partial charge in [0.15, 0.2) is 0 Å². The van der Waals surface area contributed by atoms with Gasteiger partial charge >= 0.3 is 17.4 Å². The number of rotatable bonds is 9. The van der Waals surface area contributed by atoms with Crippen molar-refractivity contribution >= 4 is 51.7 Å². The summed E-state index contributed by atoms with van der Waals surface area (Å²) in [7, 11) is 0. The lowest BCUT2D eigenvalue weighted by Crippen LogP contribution is -2.29. The van der Waals surface area contributed by atoms with E-state index in [-0.39, 0.29) is 10.5 Å². The second-order valence-electron chi connectivity index (χ2n) is 9.34. The highest BCUT2D eigenvalue weighted by Gasteiger charge is 2.18. The van der Waals surface area contributed by atoms with Crippen LogP contribution in [0.5, 0.6) is 0 Å². The highest BCUT2D eigenvalue weighted by molar-refractivity contribution is 14.1. The van der Waals surface area contributed by atoms with E-state index in [1.54, 1.807) is 53.2 Å². The minimum atomic E-state index is -0.515. The molecule has 0 bridgehead atoms. The smallest absolute Gasteiger partial charge is 0.308 e. The fourth-order valence-corrected chi connectivity index (χ4v) is 5.38. The Morgan fingerprint density at radius 1 is 0.976 bits per heavy atom. The molecule has 0 fully saturated rings. The Labute approximate surface area is 254 Å². The number of nitrogens with zero attached hydrogens (tertiary/aromatic N) is 4. The summed E-state index contributed by atoms with van der Waals surface area (Å²) in [5.74, 6) is 0.478. The Hall–Kier alpha value is -4.10. The molecule has 2 heterocycles. The molecule has 2 amide bonds. The average molecular weight is 684 g/mol. The molecule has 210 valence electrons. The molecule has 1 unspecified atom stereocenters. The third kappa shape index (κ3) is 6.63. The molecular formula is C29H27ClIN7O3. The second kappa shape index (κ2) is 12.6. The van der Waals surface area contributed by atoms with E-state index in [0.717, 1.165) is 23.1 Å². The zero-order valence-electron chi connectivity index (χ0n) is 22.1. The fraction of sp³-hybridized carbons (Fsp3) is 0.172. The monoisotopic (exact) mass is 683 g/mol. The largest absolute Gasteiger partial charge is 0.352 e. The normalized spacial score (nSPS) is 11.8. The molecule has 0 saturated heterocycles. The van der Waals surface area contributed by atoms with Gasteiger partial charge in [-0.3, -0.25) is 5.32 Å². The maximum absolute atomic E-state index is 13.0. The lowest BCUT2D eigenvalue weighted by atomic mass is 10.2. The summed E-state index contributed by atoms with van der Waals surface area (Å²) in [6.07, 6.45) is 1.92. The van der Waals surface area contributed by atoms with Gasteiger partial charge in [0.25, 0.3) is 0 Å². The molecule has 1 atom stereocenters. The van der Waals surface area contributed by atoms with E-state index in [1.165, 1.54) is 4.68 Å². The number of nitrogens with one attached hydrogen (secondary N) is 3. The zero-order valence-corrected chi connectivity index (χ0v) is 25.0. The van der Waals surface area contributed by atoms with Gasteiger partial charge in [0.2, 0.25) is 0 Å². The lowest BCUT2D eigenvalue weighted by molar-refractivity contribution is 0.262. The number of alkyl halides is 1. The SMILES string of the molecule is CCCC(I)c1cc(NC(=O)Nc2ccc(Cl)cc2)n(-c2cccc(Cn3c(=O)[nH]n(-c4ccccc4)c3=O)c2)n1. The summed E-state index contributed by atoms with van der Waals surface area (Å²) in [5.41, 5.74) is 2.39. The Bertz CT molecular complexity index is 1770. The van der Waals surface area contributed by atoms with Gasteiger partial charge in [0, 0.05) is 16.8 Å². The van der Waals surface area contributed by atoms with Crippen molar-refractivity contribution in [3.05, 3.63) is 122 Å². The molecule has 0 aliphatic heterocycles. The van der Waals surface area contributed by atoms with Crippen LogP contribution in [0.15, 0.2) is 94.5 Å². The van der Waals surface area contributed by atoms with Crippen molar-refractivity contribution in [1.29, 1.82) is 0 Å². The molecule has 0 aliphatic carbocycles. The molecule has 10 nitrogen and oxygen atoms in total. The molecule has 0 radical (unpaired) electrons. The number of aromatic amines is 1. The van der Waals surface area contributed by atoms with Crippen LogP contribution in [0.4, 0.5) is 16.3 Å². The van der Waals surface area contributed by atoms with Crippen LogP contribution in [0, 0.1) is 0 Å². The van der Waals surface area contributed by atoms with Crippen molar-refractivity contribution < 1.29 is 4.79 Å². The van der Waals surface area contributed by atoms with E-state index >= 15 is 0 Å². The van der Waals surface area contributed by atoms with Gasteiger partial charge in [-0.2, -0.15) is 5.10 Å². The number of urea groups is 1. The van der Waals surface area contributed by atoms with Crippen molar-refractivity contribution in [2.45, 2.75) is 30.2 Å². The molecule has 2 aromatic heterocycles. The quantitative estimate of drug-likeness (QED) is 0.128. The molecule has 3 aromatic carbocycles. The standard InChI is InChI=1S/C29H27ClIN7O3/c1-2-7-24(31)25-17-26(33-27(39)32-21-14-12-20(30)13-15-21)37(34-25)23-11-6-8-19(16-23)18-36-28(40)35-38(29(36)41)22-9-4-3-5-10-22/h3-6,8-17,24H,2,7,18H2,1H3,(H,35,40)(H2,32,33,39). The van der Waals surface area contributed by atoms with Crippen molar-refractivity contribution in [1.82, 2.24) is 24.1 Å². The van der Waals surface area contributed by atoms with Crippen molar-refractivity contribution in [3.8, 4) is 11.4 Å². The first kappa shape index (κ1) is 28.4. The first-order valence-corrected chi connectivity index (χ1v) is 14.6. The van der Waals surface area contributed by atoms with Crippen LogP contribution in [-0.2, 0) is 6.54 Å².